The third kappa shape index (κ3) is 2.91. The molecule has 25 heavy (non-hydrogen) atoms. The zero-order valence-electron chi connectivity index (χ0n) is 17.0. The molecule has 0 bridgehead atoms. The van der Waals surface area contributed by atoms with E-state index in [0.717, 1.165) is 22.3 Å². The number of aliphatic carboxylic acids is 1. The summed E-state index contributed by atoms with van der Waals surface area (Å²) in [6, 6.07) is 2.15. The molecule has 1 aliphatic heterocycles. The predicted octanol–water partition coefficient (Wildman–Crippen LogP) is 4.44. The first-order valence-electron chi connectivity index (χ1n) is 8.78. The first-order valence-corrected chi connectivity index (χ1v) is 11.2. The van der Waals surface area contributed by atoms with Gasteiger partial charge in [-0.15, -0.1) is 0 Å². The van der Waals surface area contributed by atoms with Gasteiger partial charge in [0.1, 0.15) is 11.4 Å². The van der Waals surface area contributed by atoms with Gasteiger partial charge in [0.15, 0.2) is 0 Å². The van der Waals surface area contributed by atoms with Crippen LogP contribution in [0.5, 0.6) is 5.75 Å². The second-order valence-electron chi connectivity index (χ2n) is 8.65. The quantitative estimate of drug-likeness (QED) is 0.807. The van der Waals surface area contributed by atoms with Crippen LogP contribution in [0.2, 0.25) is 13.1 Å². The van der Waals surface area contributed by atoms with Crippen LogP contribution in [0.4, 0.5) is 0 Å². The molecule has 1 heterocycles. The largest absolute Gasteiger partial charge is 0.478 e. The van der Waals surface area contributed by atoms with Gasteiger partial charge in [-0.3, -0.25) is 0 Å². The van der Waals surface area contributed by atoms with Crippen LogP contribution < -0.4 is 4.74 Å². The molecule has 0 aromatic heterocycles. The van der Waals surface area contributed by atoms with Gasteiger partial charge in [-0.1, -0.05) is 26.8 Å². The van der Waals surface area contributed by atoms with Gasteiger partial charge in [-0.2, -0.15) is 0 Å². The summed E-state index contributed by atoms with van der Waals surface area (Å²) in [5.74, 6) is -0.262. The average Bonchev–Trinajstić information content (AvgIpc) is 2.44. The smallest absolute Gasteiger partial charge is 0.350 e. The van der Waals surface area contributed by atoms with Crippen molar-refractivity contribution in [2.45, 2.75) is 79.2 Å². The van der Waals surface area contributed by atoms with Gasteiger partial charge < -0.3 is 14.3 Å². The highest BCUT2D eigenvalue weighted by Crippen LogP contribution is 2.53. The monoisotopic (exact) mass is 363 g/mol. The molecule has 0 saturated heterocycles. The van der Waals surface area contributed by atoms with Crippen molar-refractivity contribution in [2.24, 2.45) is 5.41 Å². The number of rotatable bonds is 3. The predicted molar refractivity (Wildman–Crippen MR) is 102 cm³/mol. The lowest BCUT2D eigenvalue weighted by Crippen LogP contribution is -2.71. The molecule has 1 N–H and O–H groups in total. The second-order valence-corrected chi connectivity index (χ2v) is 10.7. The number of aryl methyl sites for hydroxylation is 2. The Balaban J connectivity index is 2.84. The maximum Gasteiger partial charge on any atom is 0.350 e. The summed E-state index contributed by atoms with van der Waals surface area (Å²) in [5, 5.41) is 10.2. The molecule has 1 aromatic rings. The van der Waals surface area contributed by atoms with Crippen molar-refractivity contribution in [3.05, 3.63) is 28.3 Å². The minimum atomic E-state index is -1.45. The Kier molecular flexibility index (Phi) is 4.90. The molecule has 2 atom stereocenters. The Hall–Kier alpha value is -1.33. The van der Waals surface area contributed by atoms with Crippen molar-refractivity contribution >= 4 is 15.0 Å². The van der Waals surface area contributed by atoms with Gasteiger partial charge in [0.25, 0.3) is 0 Å². The van der Waals surface area contributed by atoms with Crippen LogP contribution in [0, 0.1) is 26.2 Å². The molecule has 4 nitrogen and oxygen atoms in total. The highest BCUT2D eigenvalue weighted by molar-refractivity contribution is 6.48. The molecule has 0 spiro atoms. The highest BCUT2D eigenvalue weighted by Gasteiger charge is 2.65. The van der Waals surface area contributed by atoms with Gasteiger partial charge in [-0.05, 0) is 62.9 Å². The molecule has 1 radical (unpaired) electrons. The van der Waals surface area contributed by atoms with Gasteiger partial charge in [0, 0.05) is 12.0 Å². The Morgan fingerprint density at radius 3 is 2.24 bits per heavy atom. The van der Waals surface area contributed by atoms with E-state index in [0.29, 0.717) is 12.2 Å². The van der Waals surface area contributed by atoms with Crippen molar-refractivity contribution in [1.29, 1.82) is 0 Å². The first-order chi connectivity index (χ1) is 11.3. The molecule has 0 aliphatic carbocycles. The number of benzene rings is 1. The number of fused-ring (bicyclic) bond motifs is 1. The molecule has 0 amide bonds. The summed E-state index contributed by atoms with van der Waals surface area (Å²) in [7, 11) is -1.15. The van der Waals surface area contributed by atoms with E-state index in [-0.39, 0.29) is 0 Å². The number of carbonyl (C=O) groups is 1. The Morgan fingerprint density at radius 2 is 1.80 bits per heavy atom. The zero-order chi connectivity index (χ0) is 19.4. The zero-order valence-corrected chi connectivity index (χ0v) is 18.0. The van der Waals surface area contributed by atoms with E-state index in [9.17, 15) is 9.90 Å². The Labute approximate surface area is 153 Å². The maximum atomic E-state index is 12.4. The lowest BCUT2D eigenvalue weighted by molar-refractivity contribution is -0.203. The van der Waals surface area contributed by atoms with Crippen LogP contribution >= 0.6 is 0 Å². The molecular weight excluding hydrogens is 332 g/mol. The lowest BCUT2D eigenvalue weighted by atomic mass is 9.62. The van der Waals surface area contributed by atoms with E-state index >= 15 is 0 Å². The first kappa shape index (κ1) is 20.0. The fraction of sp³-hybridized carbons (Fsp3) is 0.650. The highest BCUT2D eigenvalue weighted by atomic mass is 28.3. The second kappa shape index (κ2) is 6.13. The summed E-state index contributed by atoms with van der Waals surface area (Å²) in [5.41, 5.74) is 1.51. The topological polar surface area (TPSA) is 55.8 Å². The molecule has 0 saturated carbocycles. The van der Waals surface area contributed by atoms with Crippen LogP contribution in [0.3, 0.4) is 0 Å². The third-order valence-electron chi connectivity index (χ3n) is 5.62. The van der Waals surface area contributed by atoms with E-state index in [2.05, 4.69) is 13.0 Å². The molecule has 0 fully saturated rings. The third-order valence-corrected chi connectivity index (χ3v) is 6.37. The van der Waals surface area contributed by atoms with E-state index < -0.39 is 31.6 Å². The van der Waals surface area contributed by atoms with Crippen molar-refractivity contribution in [3.8, 4) is 5.75 Å². The number of hydrogen-bond acceptors (Lipinski definition) is 3. The van der Waals surface area contributed by atoms with Gasteiger partial charge in [0.2, 0.25) is 14.6 Å². The van der Waals surface area contributed by atoms with Gasteiger partial charge in [-0.25, -0.2) is 4.79 Å². The van der Waals surface area contributed by atoms with Crippen LogP contribution in [0.15, 0.2) is 6.07 Å². The molecule has 5 heteroatoms. The van der Waals surface area contributed by atoms with Crippen LogP contribution in [-0.2, 0) is 15.6 Å². The van der Waals surface area contributed by atoms with Crippen LogP contribution in [0.25, 0.3) is 0 Å². The van der Waals surface area contributed by atoms with E-state index in [1.807, 2.05) is 47.7 Å². The summed E-state index contributed by atoms with van der Waals surface area (Å²) < 4.78 is 12.8. The lowest BCUT2D eigenvalue weighted by Gasteiger charge is -2.56. The van der Waals surface area contributed by atoms with Crippen LogP contribution in [-0.4, -0.2) is 31.3 Å². The fourth-order valence-electron chi connectivity index (χ4n) is 4.00. The summed E-state index contributed by atoms with van der Waals surface area (Å²) in [6.45, 7) is 18.0. The molecule has 1 aliphatic rings. The molecule has 1 aromatic carbocycles. The van der Waals surface area contributed by atoms with Crippen molar-refractivity contribution < 1.29 is 19.1 Å². The minimum Gasteiger partial charge on any atom is -0.478 e. The average molecular weight is 364 g/mol. The summed E-state index contributed by atoms with van der Waals surface area (Å²) >= 11 is 0. The molecule has 139 valence electrons. The number of carboxylic acid groups (broad SMARTS) is 1. The fourth-order valence-corrected chi connectivity index (χ4v) is 5.27. The van der Waals surface area contributed by atoms with Gasteiger partial charge in [0.05, 0.1) is 0 Å². The van der Waals surface area contributed by atoms with Crippen molar-refractivity contribution in [3.63, 3.8) is 0 Å². The number of ether oxygens (including phenoxy) is 1. The molecular formula is C20H31O4Si. The van der Waals surface area contributed by atoms with Crippen molar-refractivity contribution in [2.75, 3.05) is 0 Å². The van der Waals surface area contributed by atoms with Gasteiger partial charge >= 0.3 is 5.97 Å². The van der Waals surface area contributed by atoms with E-state index in [1.54, 1.807) is 6.92 Å². The standard InChI is InChI=1S/C20H31O4Si/c1-12-10-13(2)15-11-20(18(4,5)6,24-25(8)9)19(7,17(21)22)23-16(15)14(12)3/h10H,11H2,1-9H3,(H,21,22). The van der Waals surface area contributed by atoms with Crippen LogP contribution in [0.1, 0.15) is 49.9 Å². The van der Waals surface area contributed by atoms with Crippen molar-refractivity contribution in [1.82, 2.24) is 0 Å². The minimum absolute atomic E-state index is 0.412. The normalized spacial score (nSPS) is 26.3. The maximum absolute atomic E-state index is 12.4. The SMILES string of the molecule is Cc1cc(C)c2c(c1C)OC(C)(C(=O)O)C(O[Si](C)C)(C(C)(C)C)C2. The molecule has 2 rings (SSSR count). The summed E-state index contributed by atoms with van der Waals surface area (Å²) in [4.78, 5) is 12.4. The number of carboxylic acids is 1. The van der Waals surface area contributed by atoms with E-state index in [1.165, 1.54) is 0 Å². The summed E-state index contributed by atoms with van der Waals surface area (Å²) in [6.07, 6.45) is 0.539. The van der Waals surface area contributed by atoms with E-state index in [4.69, 9.17) is 9.16 Å². The Bertz CT molecular complexity index is 705. The molecule has 2 unspecified atom stereocenters. The Morgan fingerprint density at radius 1 is 1.24 bits per heavy atom. The number of hydrogen-bond donors (Lipinski definition) is 1.